The largest absolute Gasteiger partial charge is 1.00 e. The highest BCUT2D eigenvalue weighted by Crippen LogP contribution is 2.38. The van der Waals surface area contributed by atoms with Gasteiger partial charge >= 0.3 is 5.71 Å². The van der Waals surface area contributed by atoms with E-state index >= 15 is 0 Å². The molecule has 2 aliphatic rings. The van der Waals surface area contributed by atoms with Crippen LogP contribution in [0.4, 0.5) is 0 Å². The first kappa shape index (κ1) is 11.6. The maximum atomic E-state index is 8.93. The van der Waals surface area contributed by atoms with Gasteiger partial charge in [0.2, 0.25) is 0 Å². The fraction of sp³-hybridized carbons (Fsp3) is 0.818. The monoisotopic (exact) mass is 212 g/mol. The van der Waals surface area contributed by atoms with E-state index in [2.05, 4.69) is 4.79 Å². The zero-order valence-corrected chi connectivity index (χ0v) is 9.26. The maximum Gasteiger partial charge on any atom is 0.315 e. The molecule has 0 saturated heterocycles. The lowest BCUT2D eigenvalue weighted by Crippen LogP contribution is -3.00. The van der Waals surface area contributed by atoms with Gasteiger partial charge in [0.25, 0.3) is 0 Å². The molecule has 0 heterocycles. The fourth-order valence-electron chi connectivity index (χ4n) is 2.73. The van der Waals surface area contributed by atoms with Crippen molar-refractivity contribution in [3.63, 3.8) is 0 Å². The molecule has 0 aliphatic heterocycles. The molecule has 78 valence electrons. The SMILES string of the molecule is [Cl-].[N-]=[N+]=C1CCCC[C+]2CCCCC12. The summed E-state index contributed by atoms with van der Waals surface area (Å²) in [6, 6.07) is 0. The molecule has 3 heteroatoms. The van der Waals surface area contributed by atoms with Crippen LogP contribution in [0.2, 0.25) is 0 Å². The second-order valence-electron chi connectivity index (χ2n) is 4.26. The smallest absolute Gasteiger partial charge is 0.315 e. The van der Waals surface area contributed by atoms with Gasteiger partial charge in [-0.15, -0.1) is 0 Å². The molecule has 1 unspecified atom stereocenters. The fourth-order valence-corrected chi connectivity index (χ4v) is 2.73. The summed E-state index contributed by atoms with van der Waals surface area (Å²) in [6.07, 6.45) is 9.98. The second-order valence-corrected chi connectivity index (χ2v) is 4.26. The van der Waals surface area contributed by atoms with Crippen LogP contribution >= 0.6 is 0 Å². The second kappa shape index (κ2) is 5.43. The van der Waals surface area contributed by atoms with Gasteiger partial charge in [-0.25, -0.2) is 0 Å². The highest BCUT2D eigenvalue weighted by atomic mass is 35.5. The summed E-state index contributed by atoms with van der Waals surface area (Å²) in [4.78, 5) is 3.49. The number of nitrogens with zero attached hydrogens (tertiary/aromatic N) is 2. The Bertz CT molecular complexity index is 233. The minimum atomic E-state index is 0. The van der Waals surface area contributed by atoms with Crippen molar-refractivity contribution in [1.29, 1.82) is 0 Å². The summed E-state index contributed by atoms with van der Waals surface area (Å²) >= 11 is 0. The lowest BCUT2D eigenvalue weighted by molar-refractivity contribution is -0.0163. The van der Waals surface area contributed by atoms with Crippen LogP contribution in [0, 0.1) is 11.8 Å². The van der Waals surface area contributed by atoms with E-state index in [0.29, 0.717) is 5.92 Å². The van der Waals surface area contributed by atoms with Crippen LogP contribution in [0.3, 0.4) is 0 Å². The first-order valence-corrected chi connectivity index (χ1v) is 5.47. The third-order valence-electron chi connectivity index (χ3n) is 3.44. The molecule has 0 spiro atoms. The molecule has 0 radical (unpaired) electrons. The summed E-state index contributed by atoms with van der Waals surface area (Å²) in [5, 5.41) is 0. The van der Waals surface area contributed by atoms with E-state index in [1.54, 1.807) is 5.92 Å². The molecule has 0 aromatic rings. The van der Waals surface area contributed by atoms with Crippen LogP contribution in [0.25, 0.3) is 5.53 Å². The van der Waals surface area contributed by atoms with Crippen molar-refractivity contribution in [2.75, 3.05) is 0 Å². The summed E-state index contributed by atoms with van der Waals surface area (Å²) in [5.41, 5.74) is 9.99. The van der Waals surface area contributed by atoms with Crippen LogP contribution in [0.5, 0.6) is 0 Å². The minimum absolute atomic E-state index is 0. The molecule has 0 aromatic carbocycles. The van der Waals surface area contributed by atoms with Gasteiger partial charge in [0.1, 0.15) is 5.92 Å². The zero-order chi connectivity index (χ0) is 9.10. The molecule has 2 aliphatic carbocycles. The molecule has 2 nitrogen and oxygen atoms in total. The Morgan fingerprint density at radius 1 is 1.14 bits per heavy atom. The van der Waals surface area contributed by atoms with Gasteiger partial charge in [-0.05, 0) is 25.7 Å². The van der Waals surface area contributed by atoms with E-state index < -0.39 is 0 Å². The molecule has 14 heavy (non-hydrogen) atoms. The molecular weight excluding hydrogens is 196 g/mol. The number of rotatable bonds is 0. The Kier molecular flexibility index (Phi) is 4.50. The molecule has 0 amide bonds. The summed E-state index contributed by atoms with van der Waals surface area (Å²) in [7, 11) is 0. The summed E-state index contributed by atoms with van der Waals surface area (Å²) < 4.78 is 0. The number of hydrogen-bond donors (Lipinski definition) is 0. The quantitative estimate of drug-likeness (QED) is 0.308. The van der Waals surface area contributed by atoms with Gasteiger partial charge in [0, 0.05) is 6.42 Å². The third-order valence-corrected chi connectivity index (χ3v) is 3.44. The molecule has 0 aromatic heterocycles. The Labute approximate surface area is 92.1 Å². The van der Waals surface area contributed by atoms with E-state index in [4.69, 9.17) is 5.53 Å². The molecule has 2 fully saturated rings. The normalized spacial score (nSPS) is 27.0. The minimum Gasteiger partial charge on any atom is -1.00 e. The average molecular weight is 213 g/mol. The van der Waals surface area contributed by atoms with Gasteiger partial charge in [0.15, 0.2) is 5.92 Å². The molecular formula is C11H17ClN2. The number of fused-ring (bicyclic) bond motifs is 1. The third kappa shape index (κ3) is 2.31. The van der Waals surface area contributed by atoms with Crippen molar-refractivity contribution >= 4 is 5.71 Å². The number of halogens is 1. The van der Waals surface area contributed by atoms with Crippen LogP contribution in [-0.4, -0.2) is 10.5 Å². The van der Waals surface area contributed by atoms with Crippen LogP contribution in [-0.2, 0) is 0 Å². The summed E-state index contributed by atoms with van der Waals surface area (Å²) in [6.45, 7) is 0. The van der Waals surface area contributed by atoms with Crippen molar-refractivity contribution in [3.8, 4) is 0 Å². The van der Waals surface area contributed by atoms with Gasteiger partial charge in [0.05, 0.1) is 19.3 Å². The molecule has 0 bridgehead atoms. The zero-order valence-electron chi connectivity index (χ0n) is 8.51. The predicted molar refractivity (Wildman–Crippen MR) is 52.3 cm³/mol. The van der Waals surface area contributed by atoms with Crippen molar-refractivity contribution in [3.05, 3.63) is 11.4 Å². The molecule has 2 rings (SSSR count). The van der Waals surface area contributed by atoms with Crippen molar-refractivity contribution in [2.24, 2.45) is 5.92 Å². The number of hydrogen-bond acceptors (Lipinski definition) is 0. The molecule has 0 N–H and O–H groups in total. The van der Waals surface area contributed by atoms with E-state index in [9.17, 15) is 0 Å². The Balaban J connectivity index is 0.000000980. The lowest BCUT2D eigenvalue weighted by atomic mass is 9.76. The van der Waals surface area contributed by atoms with E-state index in [1.165, 1.54) is 44.9 Å². The first-order valence-electron chi connectivity index (χ1n) is 5.47. The Hall–Kier alpha value is -0.460. The van der Waals surface area contributed by atoms with Crippen LogP contribution in [0.15, 0.2) is 0 Å². The van der Waals surface area contributed by atoms with E-state index in [1.807, 2.05) is 0 Å². The standard InChI is InChI=1S/C11H17N2.ClH/c12-13-11-8-4-2-6-9-5-1-3-7-10(9)11;/h10H,1-8H2;1H/q+1;/p-1. The highest BCUT2D eigenvalue weighted by Gasteiger charge is 2.44. The van der Waals surface area contributed by atoms with E-state index in [0.717, 1.165) is 12.1 Å². The van der Waals surface area contributed by atoms with Gasteiger partial charge in [-0.2, -0.15) is 4.79 Å². The first-order chi connectivity index (χ1) is 6.42. The average Bonchev–Trinajstić information content (AvgIpc) is 2.39. The van der Waals surface area contributed by atoms with Gasteiger partial charge < -0.3 is 17.9 Å². The summed E-state index contributed by atoms with van der Waals surface area (Å²) in [5.74, 6) is 2.21. The van der Waals surface area contributed by atoms with Gasteiger partial charge in [-0.3, -0.25) is 0 Å². The lowest BCUT2D eigenvalue weighted by Gasteiger charge is -2.16. The van der Waals surface area contributed by atoms with Crippen molar-refractivity contribution in [2.45, 2.75) is 51.4 Å². The van der Waals surface area contributed by atoms with Crippen molar-refractivity contribution < 1.29 is 17.2 Å². The Morgan fingerprint density at radius 3 is 2.57 bits per heavy atom. The van der Waals surface area contributed by atoms with Crippen molar-refractivity contribution in [1.82, 2.24) is 0 Å². The van der Waals surface area contributed by atoms with E-state index in [-0.39, 0.29) is 12.4 Å². The molecule has 2 saturated carbocycles. The van der Waals surface area contributed by atoms with Crippen LogP contribution in [0.1, 0.15) is 51.4 Å². The molecule has 1 atom stereocenters. The Morgan fingerprint density at radius 2 is 1.86 bits per heavy atom. The highest BCUT2D eigenvalue weighted by molar-refractivity contribution is 5.84. The topological polar surface area (TPSA) is 36.4 Å². The maximum absolute atomic E-state index is 8.93. The van der Waals surface area contributed by atoms with Gasteiger partial charge in [-0.1, -0.05) is 0 Å². The predicted octanol–water partition coefficient (Wildman–Crippen LogP) is -0.000110. The van der Waals surface area contributed by atoms with Crippen LogP contribution < -0.4 is 12.4 Å².